The Bertz CT molecular complexity index is 470. The molecular weight excluding hydrogens is 260 g/mol. The SMILES string of the molecule is C=C(CC1(C(=O)O)CCCCC1)c1ccc(Cl)cc1. The van der Waals surface area contributed by atoms with Crippen molar-refractivity contribution in [2.75, 3.05) is 0 Å². The number of hydrogen-bond acceptors (Lipinski definition) is 1. The Labute approximate surface area is 119 Å². The molecule has 1 aliphatic rings. The summed E-state index contributed by atoms with van der Waals surface area (Å²) in [5.41, 5.74) is 1.26. The van der Waals surface area contributed by atoms with E-state index in [-0.39, 0.29) is 0 Å². The monoisotopic (exact) mass is 278 g/mol. The Balaban J connectivity index is 2.15. The second-order valence-electron chi connectivity index (χ2n) is 5.43. The molecule has 2 rings (SSSR count). The molecule has 0 unspecified atom stereocenters. The van der Waals surface area contributed by atoms with Crippen LogP contribution >= 0.6 is 11.6 Å². The van der Waals surface area contributed by atoms with Crippen LogP contribution in [0.2, 0.25) is 5.02 Å². The highest BCUT2D eigenvalue weighted by atomic mass is 35.5. The molecule has 2 nitrogen and oxygen atoms in total. The lowest BCUT2D eigenvalue weighted by atomic mass is 9.70. The summed E-state index contributed by atoms with van der Waals surface area (Å²) in [6.07, 6.45) is 5.19. The number of carboxylic acid groups (broad SMARTS) is 1. The van der Waals surface area contributed by atoms with Crippen molar-refractivity contribution in [3.05, 3.63) is 41.4 Å². The Hall–Kier alpha value is -1.28. The first-order chi connectivity index (χ1) is 9.03. The van der Waals surface area contributed by atoms with Gasteiger partial charge < -0.3 is 5.11 Å². The predicted molar refractivity (Wildman–Crippen MR) is 78.3 cm³/mol. The quantitative estimate of drug-likeness (QED) is 0.861. The third-order valence-corrected chi connectivity index (χ3v) is 4.32. The van der Waals surface area contributed by atoms with Gasteiger partial charge in [-0.05, 0) is 42.5 Å². The van der Waals surface area contributed by atoms with Gasteiger partial charge in [-0.2, -0.15) is 0 Å². The molecule has 0 heterocycles. The van der Waals surface area contributed by atoms with Crippen molar-refractivity contribution < 1.29 is 9.90 Å². The normalized spacial score (nSPS) is 17.9. The van der Waals surface area contributed by atoms with Gasteiger partial charge in [0.1, 0.15) is 0 Å². The summed E-state index contributed by atoms with van der Waals surface area (Å²) in [7, 11) is 0. The molecule has 0 bridgehead atoms. The van der Waals surface area contributed by atoms with E-state index in [1.54, 1.807) is 0 Å². The summed E-state index contributed by atoms with van der Waals surface area (Å²) in [4.78, 5) is 11.6. The maximum atomic E-state index is 11.6. The van der Waals surface area contributed by atoms with E-state index in [4.69, 9.17) is 11.6 Å². The maximum absolute atomic E-state index is 11.6. The van der Waals surface area contributed by atoms with E-state index in [0.29, 0.717) is 11.4 Å². The van der Waals surface area contributed by atoms with E-state index < -0.39 is 11.4 Å². The Morgan fingerprint density at radius 1 is 1.21 bits per heavy atom. The maximum Gasteiger partial charge on any atom is 0.309 e. The molecule has 3 heteroatoms. The fourth-order valence-corrected chi connectivity index (χ4v) is 3.02. The van der Waals surface area contributed by atoms with Gasteiger partial charge >= 0.3 is 5.97 Å². The first-order valence-electron chi connectivity index (χ1n) is 6.71. The highest BCUT2D eigenvalue weighted by Crippen LogP contribution is 2.43. The number of hydrogen-bond donors (Lipinski definition) is 1. The lowest BCUT2D eigenvalue weighted by Gasteiger charge is -2.33. The van der Waals surface area contributed by atoms with Gasteiger partial charge in [-0.15, -0.1) is 0 Å². The van der Waals surface area contributed by atoms with Crippen LogP contribution in [0, 0.1) is 5.41 Å². The van der Waals surface area contributed by atoms with Gasteiger partial charge in [0, 0.05) is 5.02 Å². The van der Waals surface area contributed by atoms with Gasteiger partial charge in [-0.1, -0.05) is 49.6 Å². The number of aliphatic carboxylic acids is 1. The molecule has 1 aromatic rings. The summed E-state index contributed by atoms with van der Waals surface area (Å²) in [5, 5.41) is 10.2. The van der Waals surface area contributed by atoms with Crippen LogP contribution in [-0.4, -0.2) is 11.1 Å². The largest absolute Gasteiger partial charge is 0.481 e. The van der Waals surface area contributed by atoms with Gasteiger partial charge in [0.05, 0.1) is 5.41 Å². The molecule has 0 radical (unpaired) electrons. The summed E-state index contributed by atoms with van der Waals surface area (Å²) < 4.78 is 0. The van der Waals surface area contributed by atoms with Crippen molar-refractivity contribution >= 4 is 23.1 Å². The number of rotatable bonds is 4. The van der Waals surface area contributed by atoms with Crippen molar-refractivity contribution in [1.29, 1.82) is 0 Å². The molecule has 0 aromatic heterocycles. The van der Waals surface area contributed by atoms with Crippen LogP contribution < -0.4 is 0 Å². The van der Waals surface area contributed by atoms with Gasteiger partial charge in [-0.25, -0.2) is 0 Å². The van der Waals surface area contributed by atoms with Gasteiger partial charge in [0.25, 0.3) is 0 Å². The lowest BCUT2D eigenvalue weighted by Crippen LogP contribution is -2.33. The summed E-state index contributed by atoms with van der Waals surface area (Å²) in [6, 6.07) is 7.44. The second-order valence-corrected chi connectivity index (χ2v) is 5.87. The molecular formula is C16H19ClO2. The molecule has 0 amide bonds. The second kappa shape index (κ2) is 5.79. The van der Waals surface area contributed by atoms with Gasteiger partial charge in [0.2, 0.25) is 0 Å². The highest BCUT2D eigenvalue weighted by Gasteiger charge is 2.39. The van der Waals surface area contributed by atoms with Gasteiger partial charge in [0.15, 0.2) is 0 Å². The van der Waals surface area contributed by atoms with Crippen molar-refractivity contribution in [2.24, 2.45) is 5.41 Å². The molecule has 1 fully saturated rings. The van der Waals surface area contributed by atoms with E-state index in [1.165, 1.54) is 0 Å². The summed E-state index contributed by atoms with van der Waals surface area (Å²) in [5.74, 6) is -0.678. The number of halogens is 1. The molecule has 0 atom stereocenters. The lowest BCUT2D eigenvalue weighted by molar-refractivity contribution is -0.150. The molecule has 19 heavy (non-hydrogen) atoms. The van der Waals surface area contributed by atoms with Crippen LogP contribution in [0.5, 0.6) is 0 Å². The average Bonchev–Trinajstić information content (AvgIpc) is 2.40. The minimum Gasteiger partial charge on any atom is -0.481 e. The zero-order valence-corrected chi connectivity index (χ0v) is 11.7. The van der Waals surface area contributed by atoms with E-state index >= 15 is 0 Å². The zero-order valence-electron chi connectivity index (χ0n) is 11.0. The first kappa shape index (κ1) is 14.1. The molecule has 102 valence electrons. The fourth-order valence-electron chi connectivity index (χ4n) is 2.89. The molecule has 1 N–H and O–H groups in total. The smallest absolute Gasteiger partial charge is 0.309 e. The minimum atomic E-state index is -0.678. The molecule has 0 saturated heterocycles. The average molecular weight is 279 g/mol. The number of carbonyl (C=O) groups is 1. The number of carboxylic acids is 1. The van der Waals surface area contributed by atoms with Crippen molar-refractivity contribution in [2.45, 2.75) is 38.5 Å². The van der Waals surface area contributed by atoms with Crippen LogP contribution in [0.3, 0.4) is 0 Å². The summed E-state index contributed by atoms with van der Waals surface area (Å²) >= 11 is 5.86. The molecule has 0 aliphatic heterocycles. The molecule has 1 saturated carbocycles. The van der Waals surface area contributed by atoms with Crippen LogP contribution in [0.15, 0.2) is 30.8 Å². The third-order valence-electron chi connectivity index (χ3n) is 4.07. The van der Waals surface area contributed by atoms with Crippen LogP contribution in [-0.2, 0) is 4.79 Å². The molecule has 1 aromatic carbocycles. The van der Waals surface area contributed by atoms with Crippen molar-refractivity contribution in [3.63, 3.8) is 0 Å². The van der Waals surface area contributed by atoms with Crippen LogP contribution in [0.4, 0.5) is 0 Å². The Morgan fingerprint density at radius 2 is 1.79 bits per heavy atom. The Morgan fingerprint density at radius 3 is 2.32 bits per heavy atom. The van der Waals surface area contributed by atoms with Crippen molar-refractivity contribution in [1.82, 2.24) is 0 Å². The van der Waals surface area contributed by atoms with E-state index in [0.717, 1.165) is 43.2 Å². The number of benzene rings is 1. The highest BCUT2D eigenvalue weighted by molar-refractivity contribution is 6.30. The van der Waals surface area contributed by atoms with Gasteiger partial charge in [-0.3, -0.25) is 4.79 Å². The minimum absolute atomic E-state index is 0.532. The number of allylic oxidation sites excluding steroid dienone is 1. The van der Waals surface area contributed by atoms with Crippen LogP contribution in [0.1, 0.15) is 44.1 Å². The standard InChI is InChI=1S/C16H19ClO2/c1-12(13-5-7-14(17)8-6-13)11-16(15(18)19)9-3-2-4-10-16/h5-8H,1-4,9-11H2,(H,18,19). The molecule has 1 aliphatic carbocycles. The van der Waals surface area contributed by atoms with E-state index in [2.05, 4.69) is 6.58 Å². The van der Waals surface area contributed by atoms with Crippen LogP contribution in [0.25, 0.3) is 5.57 Å². The third kappa shape index (κ3) is 3.19. The molecule has 0 spiro atoms. The zero-order chi connectivity index (χ0) is 13.9. The van der Waals surface area contributed by atoms with Crippen molar-refractivity contribution in [3.8, 4) is 0 Å². The topological polar surface area (TPSA) is 37.3 Å². The van der Waals surface area contributed by atoms with E-state index in [9.17, 15) is 9.90 Å². The first-order valence-corrected chi connectivity index (χ1v) is 7.08. The Kier molecular flexibility index (Phi) is 4.31. The predicted octanol–water partition coefficient (Wildman–Crippen LogP) is 4.78. The summed E-state index contributed by atoms with van der Waals surface area (Å²) in [6.45, 7) is 4.07. The van der Waals surface area contributed by atoms with E-state index in [1.807, 2.05) is 24.3 Å². The fraction of sp³-hybridized carbons (Fsp3) is 0.438.